The van der Waals surface area contributed by atoms with E-state index in [1.54, 1.807) is 6.07 Å². The summed E-state index contributed by atoms with van der Waals surface area (Å²) in [5, 5.41) is 11.3. The number of nitrogens with zero attached hydrogens (tertiary/aromatic N) is 2. The fourth-order valence-corrected chi connectivity index (χ4v) is 3.44. The number of benzene rings is 2. The van der Waals surface area contributed by atoms with Crippen LogP contribution in [0.2, 0.25) is 0 Å². The lowest BCUT2D eigenvalue weighted by molar-refractivity contribution is -0.384. The maximum atomic E-state index is 11.3. The Morgan fingerprint density at radius 2 is 1.77 bits per heavy atom. The van der Waals surface area contributed by atoms with Crippen molar-refractivity contribution in [2.75, 3.05) is 18.0 Å². The highest BCUT2D eigenvalue weighted by Crippen LogP contribution is 2.35. The molecule has 0 saturated carbocycles. The van der Waals surface area contributed by atoms with Crippen LogP contribution >= 0.6 is 15.9 Å². The predicted octanol–water partition coefficient (Wildman–Crippen LogP) is 4.74. The molecule has 5 heteroatoms. The highest BCUT2D eigenvalue weighted by molar-refractivity contribution is 9.10. The van der Waals surface area contributed by atoms with Gasteiger partial charge in [0, 0.05) is 23.6 Å². The first-order chi connectivity index (χ1) is 10.6. The Balaban J connectivity index is 1.76. The zero-order valence-electron chi connectivity index (χ0n) is 12.1. The molecule has 0 spiro atoms. The first-order valence-corrected chi connectivity index (χ1v) is 8.18. The van der Waals surface area contributed by atoms with Crippen LogP contribution in [0.15, 0.2) is 53.0 Å². The van der Waals surface area contributed by atoms with Crippen LogP contribution in [0, 0.1) is 10.1 Å². The maximum absolute atomic E-state index is 11.3. The summed E-state index contributed by atoms with van der Waals surface area (Å²) in [5.74, 6) is 0.548. The molecule has 22 heavy (non-hydrogen) atoms. The van der Waals surface area contributed by atoms with E-state index in [0.29, 0.717) is 5.92 Å². The molecule has 1 aliphatic heterocycles. The SMILES string of the molecule is O=[N+]([O-])c1cc(Br)ccc1N1CCC(c2ccccc2)CC1. The van der Waals surface area contributed by atoms with Crippen molar-refractivity contribution < 1.29 is 4.92 Å². The van der Waals surface area contributed by atoms with Crippen LogP contribution in [-0.4, -0.2) is 18.0 Å². The molecule has 1 fully saturated rings. The molecule has 2 aromatic carbocycles. The zero-order valence-corrected chi connectivity index (χ0v) is 13.7. The number of halogens is 1. The molecule has 0 radical (unpaired) electrons. The number of nitro groups is 1. The Morgan fingerprint density at radius 3 is 2.41 bits per heavy atom. The zero-order chi connectivity index (χ0) is 15.5. The standard InChI is InChI=1S/C17H17BrN2O2/c18-15-6-7-16(17(12-15)20(21)22)19-10-8-14(9-11-19)13-4-2-1-3-5-13/h1-7,12,14H,8-11H2. The monoisotopic (exact) mass is 360 g/mol. The molecule has 0 amide bonds. The molecule has 0 atom stereocenters. The summed E-state index contributed by atoms with van der Waals surface area (Å²) in [4.78, 5) is 13.1. The van der Waals surface area contributed by atoms with Crippen LogP contribution in [0.25, 0.3) is 0 Å². The van der Waals surface area contributed by atoms with Gasteiger partial charge in [0.1, 0.15) is 5.69 Å². The van der Waals surface area contributed by atoms with Crippen molar-refractivity contribution in [3.8, 4) is 0 Å². The van der Waals surface area contributed by atoms with Gasteiger partial charge in [-0.15, -0.1) is 0 Å². The quantitative estimate of drug-likeness (QED) is 0.586. The molecule has 1 heterocycles. The normalized spacial score (nSPS) is 15.8. The summed E-state index contributed by atoms with van der Waals surface area (Å²) in [6.45, 7) is 1.70. The van der Waals surface area contributed by atoms with E-state index < -0.39 is 0 Å². The number of piperidine rings is 1. The lowest BCUT2D eigenvalue weighted by Gasteiger charge is -2.33. The summed E-state index contributed by atoms with van der Waals surface area (Å²) < 4.78 is 0.738. The van der Waals surface area contributed by atoms with Gasteiger partial charge in [0.2, 0.25) is 0 Å². The Morgan fingerprint density at radius 1 is 1.09 bits per heavy atom. The second-order valence-corrected chi connectivity index (χ2v) is 6.48. The van der Waals surface area contributed by atoms with Gasteiger partial charge < -0.3 is 4.90 Å². The summed E-state index contributed by atoms with van der Waals surface area (Å²) in [6.07, 6.45) is 2.05. The summed E-state index contributed by atoms with van der Waals surface area (Å²) in [7, 11) is 0. The molecule has 3 rings (SSSR count). The van der Waals surface area contributed by atoms with Gasteiger partial charge in [-0.2, -0.15) is 0 Å². The van der Waals surface area contributed by atoms with Gasteiger partial charge in [0.15, 0.2) is 0 Å². The van der Waals surface area contributed by atoms with E-state index in [2.05, 4.69) is 45.1 Å². The molecular weight excluding hydrogens is 344 g/mol. The molecule has 1 aliphatic rings. The van der Waals surface area contributed by atoms with Gasteiger partial charge >= 0.3 is 0 Å². The Hall–Kier alpha value is -1.88. The van der Waals surface area contributed by atoms with Crippen molar-refractivity contribution >= 4 is 27.3 Å². The third-order valence-electron chi connectivity index (χ3n) is 4.24. The summed E-state index contributed by atoms with van der Waals surface area (Å²) in [6, 6.07) is 15.8. The van der Waals surface area contributed by atoms with Crippen LogP contribution in [0.1, 0.15) is 24.3 Å². The van der Waals surface area contributed by atoms with Crippen LogP contribution in [0.3, 0.4) is 0 Å². The third kappa shape index (κ3) is 3.14. The lowest BCUT2D eigenvalue weighted by Crippen LogP contribution is -2.33. The molecule has 0 unspecified atom stereocenters. The van der Waals surface area contributed by atoms with Gasteiger partial charge in [-0.1, -0.05) is 46.3 Å². The first-order valence-electron chi connectivity index (χ1n) is 7.39. The number of hydrogen-bond donors (Lipinski definition) is 0. The fraction of sp³-hybridized carbons (Fsp3) is 0.294. The van der Waals surface area contributed by atoms with E-state index in [-0.39, 0.29) is 10.6 Å². The van der Waals surface area contributed by atoms with Gasteiger partial charge in [-0.05, 0) is 36.5 Å². The molecular formula is C17H17BrN2O2. The maximum Gasteiger partial charge on any atom is 0.293 e. The summed E-state index contributed by atoms with van der Waals surface area (Å²) >= 11 is 3.31. The molecule has 0 bridgehead atoms. The Labute approximate surface area is 138 Å². The Bertz CT molecular complexity index is 668. The van der Waals surface area contributed by atoms with E-state index in [1.807, 2.05) is 18.2 Å². The van der Waals surface area contributed by atoms with Gasteiger partial charge in [0.25, 0.3) is 5.69 Å². The van der Waals surface area contributed by atoms with Gasteiger partial charge in [-0.25, -0.2) is 0 Å². The van der Waals surface area contributed by atoms with Crippen molar-refractivity contribution in [3.05, 3.63) is 68.7 Å². The van der Waals surface area contributed by atoms with E-state index in [4.69, 9.17) is 0 Å². The lowest BCUT2D eigenvalue weighted by atomic mass is 9.89. The average Bonchev–Trinajstić information content (AvgIpc) is 2.56. The number of hydrogen-bond acceptors (Lipinski definition) is 3. The molecule has 1 saturated heterocycles. The number of anilines is 1. The van der Waals surface area contributed by atoms with E-state index in [9.17, 15) is 10.1 Å². The topological polar surface area (TPSA) is 46.4 Å². The molecule has 4 nitrogen and oxygen atoms in total. The van der Waals surface area contributed by atoms with Crippen molar-refractivity contribution in [3.63, 3.8) is 0 Å². The van der Waals surface area contributed by atoms with Gasteiger partial charge in [-0.3, -0.25) is 10.1 Å². The molecule has 0 aromatic heterocycles. The van der Waals surface area contributed by atoms with Crippen LogP contribution < -0.4 is 4.90 Å². The van der Waals surface area contributed by atoms with Crippen LogP contribution in [-0.2, 0) is 0 Å². The molecule has 0 aliphatic carbocycles. The third-order valence-corrected chi connectivity index (χ3v) is 4.73. The summed E-state index contributed by atoms with van der Waals surface area (Å²) in [5.41, 5.74) is 2.26. The minimum atomic E-state index is -0.302. The van der Waals surface area contributed by atoms with Crippen molar-refractivity contribution in [1.82, 2.24) is 0 Å². The second kappa shape index (κ2) is 6.48. The van der Waals surface area contributed by atoms with E-state index in [1.165, 1.54) is 5.56 Å². The van der Waals surface area contributed by atoms with Crippen molar-refractivity contribution in [2.45, 2.75) is 18.8 Å². The predicted molar refractivity (Wildman–Crippen MR) is 91.4 cm³/mol. The Kier molecular flexibility index (Phi) is 4.43. The second-order valence-electron chi connectivity index (χ2n) is 5.56. The van der Waals surface area contributed by atoms with Crippen molar-refractivity contribution in [2.24, 2.45) is 0 Å². The highest BCUT2D eigenvalue weighted by atomic mass is 79.9. The highest BCUT2D eigenvalue weighted by Gasteiger charge is 2.25. The molecule has 0 N–H and O–H groups in total. The first kappa shape index (κ1) is 15.0. The van der Waals surface area contributed by atoms with E-state index in [0.717, 1.165) is 36.1 Å². The van der Waals surface area contributed by atoms with Crippen LogP contribution in [0.5, 0.6) is 0 Å². The van der Waals surface area contributed by atoms with Gasteiger partial charge in [0.05, 0.1) is 4.92 Å². The number of rotatable bonds is 3. The minimum absolute atomic E-state index is 0.174. The van der Waals surface area contributed by atoms with Crippen LogP contribution in [0.4, 0.5) is 11.4 Å². The number of nitro benzene ring substituents is 1. The fourth-order valence-electron chi connectivity index (χ4n) is 3.09. The largest absolute Gasteiger partial charge is 0.366 e. The average molecular weight is 361 g/mol. The molecule has 114 valence electrons. The van der Waals surface area contributed by atoms with Crippen molar-refractivity contribution in [1.29, 1.82) is 0 Å². The minimum Gasteiger partial charge on any atom is -0.366 e. The van der Waals surface area contributed by atoms with E-state index >= 15 is 0 Å². The smallest absolute Gasteiger partial charge is 0.293 e. The molecule has 2 aromatic rings.